The third-order valence-electron chi connectivity index (χ3n) is 6.89. The summed E-state index contributed by atoms with van der Waals surface area (Å²) in [4.78, 5) is 11.9. The first-order valence-corrected chi connectivity index (χ1v) is 13.4. The minimum atomic E-state index is -4.10. The number of aryl methyl sites for hydroxylation is 1. The Morgan fingerprint density at radius 3 is 2.51 bits per heavy atom. The zero-order valence-corrected chi connectivity index (χ0v) is 20.8. The predicted molar refractivity (Wildman–Crippen MR) is 136 cm³/mol. The lowest BCUT2D eigenvalue weighted by Gasteiger charge is -2.33. The molecule has 1 amide bonds. The summed E-state index contributed by atoms with van der Waals surface area (Å²) in [6.45, 7) is 4.38. The van der Waals surface area contributed by atoms with Gasteiger partial charge in [0.25, 0.3) is 5.91 Å². The maximum Gasteiger partial charge on any atom is 0.262 e. The third kappa shape index (κ3) is 4.29. The number of para-hydroxylation sites is 1. The standard InChI is InChI=1S/C28H30N2O4S/c1-27(2)16-14-21-18-23(12-13-25(21)34-27)35(32,33)28(19-22-10-6-7-11-24(22)30-28)26(31)29-17-15-20-8-4-3-5-9-20/h3-13,18,30H,14-17,19H2,1-2H3,(H,29,31)/t28-/m0/s1. The minimum absolute atomic E-state index is 0.0588. The summed E-state index contributed by atoms with van der Waals surface area (Å²) >= 11 is 0. The van der Waals surface area contributed by atoms with Crippen molar-refractivity contribution in [2.45, 2.75) is 54.9 Å². The molecule has 3 aromatic carbocycles. The number of anilines is 1. The van der Waals surface area contributed by atoms with E-state index in [4.69, 9.17) is 4.74 Å². The van der Waals surface area contributed by atoms with Gasteiger partial charge in [0.2, 0.25) is 14.7 Å². The second kappa shape index (κ2) is 8.72. The summed E-state index contributed by atoms with van der Waals surface area (Å²) in [5.74, 6) is 0.156. The molecule has 0 spiro atoms. The molecule has 0 unspecified atom stereocenters. The third-order valence-corrected chi connectivity index (χ3v) is 9.11. The first-order valence-electron chi connectivity index (χ1n) is 12.0. The number of hydrogen-bond donors (Lipinski definition) is 2. The number of benzene rings is 3. The Kier molecular flexibility index (Phi) is 5.83. The Morgan fingerprint density at radius 2 is 1.74 bits per heavy atom. The smallest absolute Gasteiger partial charge is 0.262 e. The number of sulfone groups is 1. The van der Waals surface area contributed by atoms with Crippen LogP contribution >= 0.6 is 0 Å². The Morgan fingerprint density at radius 1 is 1.00 bits per heavy atom. The fourth-order valence-corrected chi connectivity index (χ4v) is 6.71. The number of ether oxygens (including phenoxy) is 1. The summed E-state index contributed by atoms with van der Waals surface area (Å²) in [6.07, 6.45) is 2.18. The topological polar surface area (TPSA) is 84.5 Å². The van der Waals surface area contributed by atoms with Gasteiger partial charge >= 0.3 is 0 Å². The number of carbonyl (C=O) groups excluding carboxylic acids is 1. The summed E-state index contributed by atoms with van der Waals surface area (Å²) in [6, 6.07) is 22.1. The van der Waals surface area contributed by atoms with E-state index in [1.54, 1.807) is 18.2 Å². The van der Waals surface area contributed by atoms with Gasteiger partial charge in [-0.05, 0) is 74.1 Å². The van der Waals surface area contributed by atoms with Gasteiger partial charge in [0.15, 0.2) is 0 Å². The second-order valence-electron chi connectivity index (χ2n) is 9.91. The van der Waals surface area contributed by atoms with Crippen LogP contribution in [0.25, 0.3) is 0 Å². The lowest BCUT2D eigenvalue weighted by molar-refractivity contribution is -0.122. The summed E-state index contributed by atoms with van der Waals surface area (Å²) in [5, 5.41) is 5.99. The quantitative estimate of drug-likeness (QED) is 0.539. The molecule has 3 aromatic rings. The van der Waals surface area contributed by atoms with Gasteiger partial charge in [-0.25, -0.2) is 8.42 Å². The zero-order valence-electron chi connectivity index (χ0n) is 20.0. The molecule has 5 rings (SSSR count). The molecule has 2 aliphatic rings. The van der Waals surface area contributed by atoms with Crippen molar-refractivity contribution in [3.8, 4) is 5.75 Å². The first-order chi connectivity index (χ1) is 16.7. The molecule has 0 aromatic heterocycles. The molecule has 0 aliphatic carbocycles. The van der Waals surface area contributed by atoms with E-state index in [-0.39, 0.29) is 16.9 Å². The second-order valence-corrected chi connectivity index (χ2v) is 12.1. The van der Waals surface area contributed by atoms with E-state index in [0.717, 1.165) is 29.5 Å². The van der Waals surface area contributed by atoms with E-state index in [2.05, 4.69) is 10.6 Å². The Labute approximate surface area is 206 Å². The monoisotopic (exact) mass is 490 g/mol. The maximum absolute atomic E-state index is 14.1. The van der Waals surface area contributed by atoms with Crippen LogP contribution < -0.4 is 15.4 Å². The number of amides is 1. The van der Waals surface area contributed by atoms with Crippen molar-refractivity contribution in [3.63, 3.8) is 0 Å². The molecular weight excluding hydrogens is 460 g/mol. The van der Waals surface area contributed by atoms with Crippen molar-refractivity contribution < 1.29 is 17.9 Å². The molecule has 2 N–H and O–H groups in total. The molecule has 0 fully saturated rings. The molecule has 35 heavy (non-hydrogen) atoms. The first kappa shape index (κ1) is 23.4. The van der Waals surface area contributed by atoms with Crippen molar-refractivity contribution in [3.05, 3.63) is 89.5 Å². The predicted octanol–water partition coefficient (Wildman–Crippen LogP) is 4.29. The van der Waals surface area contributed by atoms with Crippen molar-refractivity contribution in [2.24, 2.45) is 0 Å². The number of fused-ring (bicyclic) bond motifs is 2. The fraction of sp³-hybridized carbons (Fsp3) is 0.321. The summed E-state index contributed by atoms with van der Waals surface area (Å²) < 4.78 is 34.3. The average Bonchev–Trinajstić information content (AvgIpc) is 3.25. The van der Waals surface area contributed by atoms with Crippen molar-refractivity contribution >= 4 is 21.4 Å². The Bertz CT molecular complexity index is 1340. The van der Waals surface area contributed by atoms with Gasteiger partial charge in [0, 0.05) is 18.7 Å². The molecule has 1 atom stereocenters. The van der Waals surface area contributed by atoms with Gasteiger partial charge in [-0.1, -0.05) is 48.5 Å². The number of nitrogens with one attached hydrogen (secondary N) is 2. The fourth-order valence-electron chi connectivity index (χ4n) is 4.86. The summed E-state index contributed by atoms with van der Waals surface area (Å²) in [7, 11) is -4.10. The largest absolute Gasteiger partial charge is 0.488 e. The minimum Gasteiger partial charge on any atom is -0.488 e. The highest BCUT2D eigenvalue weighted by Gasteiger charge is 2.55. The number of carbonyl (C=O) groups is 1. The lowest BCUT2D eigenvalue weighted by atomic mass is 9.94. The highest BCUT2D eigenvalue weighted by molar-refractivity contribution is 7.93. The van der Waals surface area contributed by atoms with Crippen molar-refractivity contribution in [1.29, 1.82) is 0 Å². The van der Waals surface area contributed by atoms with E-state index in [0.29, 0.717) is 24.4 Å². The van der Waals surface area contributed by atoms with Crippen LogP contribution in [-0.4, -0.2) is 31.3 Å². The Hall–Kier alpha value is -3.32. The van der Waals surface area contributed by atoms with Gasteiger partial charge in [-0.15, -0.1) is 0 Å². The zero-order chi connectivity index (χ0) is 24.7. The SMILES string of the molecule is CC1(C)CCc2cc(S(=O)(=O)[C@]3(C(=O)NCCc4ccccc4)Cc4ccccc4N3)ccc2O1. The van der Waals surface area contributed by atoms with Crippen LogP contribution in [0.2, 0.25) is 0 Å². The van der Waals surface area contributed by atoms with Crippen molar-refractivity contribution in [2.75, 3.05) is 11.9 Å². The van der Waals surface area contributed by atoms with E-state index in [9.17, 15) is 13.2 Å². The van der Waals surface area contributed by atoms with Gasteiger partial charge in [0.1, 0.15) is 11.4 Å². The van der Waals surface area contributed by atoms with Crippen LogP contribution in [0.4, 0.5) is 5.69 Å². The molecule has 0 radical (unpaired) electrons. The highest BCUT2D eigenvalue weighted by atomic mass is 32.2. The molecule has 0 bridgehead atoms. The molecule has 0 saturated carbocycles. The lowest BCUT2D eigenvalue weighted by Crippen LogP contribution is -2.57. The van der Waals surface area contributed by atoms with Gasteiger partial charge < -0.3 is 15.4 Å². The maximum atomic E-state index is 14.1. The van der Waals surface area contributed by atoms with Gasteiger partial charge in [0.05, 0.1) is 4.90 Å². The van der Waals surface area contributed by atoms with E-state index in [1.807, 2.05) is 68.4 Å². The molecule has 6 nitrogen and oxygen atoms in total. The van der Waals surface area contributed by atoms with Gasteiger partial charge in [-0.2, -0.15) is 0 Å². The molecule has 2 aliphatic heterocycles. The van der Waals surface area contributed by atoms with Crippen molar-refractivity contribution in [1.82, 2.24) is 5.32 Å². The summed E-state index contributed by atoms with van der Waals surface area (Å²) in [5.41, 5.74) is 3.10. The molecular formula is C28H30N2O4S. The normalized spacial score (nSPS) is 20.2. The van der Waals surface area contributed by atoms with Crippen LogP contribution in [-0.2, 0) is 33.9 Å². The van der Waals surface area contributed by atoms with Crippen LogP contribution in [0.1, 0.15) is 37.0 Å². The highest BCUT2D eigenvalue weighted by Crippen LogP contribution is 2.41. The Balaban J connectivity index is 1.47. The van der Waals surface area contributed by atoms with Gasteiger partial charge in [-0.3, -0.25) is 4.79 Å². The number of hydrogen-bond acceptors (Lipinski definition) is 5. The molecule has 2 heterocycles. The molecule has 7 heteroatoms. The van der Waals surface area contributed by atoms with Crippen LogP contribution in [0.15, 0.2) is 77.7 Å². The van der Waals surface area contributed by atoms with E-state index in [1.165, 1.54) is 0 Å². The van der Waals surface area contributed by atoms with Crippen LogP contribution in [0.5, 0.6) is 5.75 Å². The molecule has 182 valence electrons. The average molecular weight is 491 g/mol. The number of rotatable bonds is 6. The molecule has 0 saturated heterocycles. The van der Waals surface area contributed by atoms with E-state index < -0.39 is 20.6 Å². The van der Waals surface area contributed by atoms with Crippen LogP contribution in [0, 0.1) is 0 Å². The van der Waals surface area contributed by atoms with Crippen LogP contribution in [0.3, 0.4) is 0 Å². The van der Waals surface area contributed by atoms with E-state index >= 15 is 0 Å².